The summed E-state index contributed by atoms with van der Waals surface area (Å²) >= 11 is 0. The highest BCUT2D eigenvalue weighted by Gasteiger charge is 2.36. The van der Waals surface area contributed by atoms with E-state index in [9.17, 15) is 27.6 Å². The first-order valence-corrected chi connectivity index (χ1v) is 6.62. The van der Waals surface area contributed by atoms with Gasteiger partial charge in [0.05, 0.1) is 0 Å². The zero-order chi connectivity index (χ0) is 18.1. The second-order valence-corrected chi connectivity index (χ2v) is 4.82. The van der Waals surface area contributed by atoms with Crippen molar-refractivity contribution in [1.29, 1.82) is 0 Å². The van der Waals surface area contributed by atoms with Gasteiger partial charge >= 0.3 is 6.18 Å². The van der Waals surface area contributed by atoms with Crippen LogP contribution in [0.1, 0.15) is 26.4 Å². The maximum Gasteiger partial charge on any atom is 0.431 e. The van der Waals surface area contributed by atoms with E-state index in [2.05, 4.69) is 5.32 Å². The fraction of sp³-hybridized carbons (Fsp3) is 0.133. The molecule has 1 heterocycles. The van der Waals surface area contributed by atoms with E-state index in [0.717, 1.165) is 6.07 Å². The van der Waals surface area contributed by atoms with Gasteiger partial charge in [0.25, 0.3) is 17.4 Å². The number of primary amides is 1. The van der Waals surface area contributed by atoms with Gasteiger partial charge in [-0.1, -0.05) is 12.1 Å². The molecule has 0 aliphatic heterocycles. The van der Waals surface area contributed by atoms with Crippen LogP contribution in [-0.4, -0.2) is 23.8 Å². The summed E-state index contributed by atoms with van der Waals surface area (Å²) in [6.07, 6.45) is -4.84. The third kappa shape index (κ3) is 3.29. The highest BCUT2D eigenvalue weighted by molar-refractivity contribution is 5.95. The van der Waals surface area contributed by atoms with Gasteiger partial charge in [-0.05, 0) is 23.8 Å². The van der Waals surface area contributed by atoms with Crippen molar-refractivity contribution >= 4 is 11.8 Å². The number of pyridine rings is 1. The number of alkyl halides is 3. The molecule has 0 atom stereocenters. The molecule has 2 amide bonds. The van der Waals surface area contributed by atoms with E-state index in [-0.39, 0.29) is 11.1 Å². The van der Waals surface area contributed by atoms with Crippen molar-refractivity contribution in [3.8, 4) is 11.1 Å². The van der Waals surface area contributed by atoms with Gasteiger partial charge < -0.3 is 16.0 Å². The quantitative estimate of drug-likeness (QED) is 0.789. The lowest BCUT2D eigenvalue weighted by molar-refractivity contribution is -0.140. The van der Waals surface area contributed by atoms with Crippen molar-refractivity contribution in [1.82, 2.24) is 10.3 Å². The molecule has 1 aromatic heterocycles. The van der Waals surface area contributed by atoms with Gasteiger partial charge in [0, 0.05) is 18.2 Å². The Morgan fingerprint density at radius 3 is 2.21 bits per heavy atom. The highest BCUT2D eigenvalue weighted by Crippen LogP contribution is 2.35. The monoisotopic (exact) mass is 339 g/mol. The van der Waals surface area contributed by atoms with E-state index < -0.39 is 40.4 Å². The minimum absolute atomic E-state index is 0.0636. The summed E-state index contributed by atoms with van der Waals surface area (Å²) in [4.78, 5) is 35.9. The van der Waals surface area contributed by atoms with Crippen LogP contribution in [0.2, 0.25) is 0 Å². The third-order valence-electron chi connectivity index (χ3n) is 3.28. The van der Waals surface area contributed by atoms with Crippen LogP contribution in [0.15, 0.2) is 35.1 Å². The van der Waals surface area contributed by atoms with E-state index in [4.69, 9.17) is 5.73 Å². The molecule has 0 spiro atoms. The average molecular weight is 339 g/mol. The molecule has 0 fully saturated rings. The molecule has 9 heteroatoms. The second-order valence-electron chi connectivity index (χ2n) is 4.82. The van der Waals surface area contributed by atoms with E-state index in [1.54, 1.807) is 4.98 Å². The van der Waals surface area contributed by atoms with Crippen molar-refractivity contribution in [3.05, 3.63) is 57.5 Å². The largest absolute Gasteiger partial charge is 0.431 e. The van der Waals surface area contributed by atoms with Crippen molar-refractivity contribution < 1.29 is 22.8 Å². The Kier molecular flexibility index (Phi) is 4.45. The van der Waals surface area contributed by atoms with Gasteiger partial charge in [-0.25, -0.2) is 0 Å². The fourth-order valence-electron chi connectivity index (χ4n) is 2.11. The first-order chi connectivity index (χ1) is 11.1. The maximum absolute atomic E-state index is 13.2. The number of nitrogens with one attached hydrogen (secondary N) is 2. The molecule has 0 saturated heterocycles. The normalized spacial score (nSPS) is 11.2. The SMILES string of the molecule is CNC(=O)c1ccc(-c2cc(C(N)=O)c(=O)[nH]c2C(F)(F)F)cc1. The molecule has 0 saturated carbocycles. The van der Waals surface area contributed by atoms with Crippen LogP contribution in [0, 0.1) is 0 Å². The molecule has 1 aromatic carbocycles. The van der Waals surface area contributed by atoms with Crippen LogP contribution in [0.5, 0.6) is 0 Å². The van der Waals surface area contributed by atoms with Crippen LogP contribution in [0.3, 0.4) is 0 Å². The number of aromatic nitrogens is 1. The van der Waals surface area contributed by atoms with Gasteiger partial charge in [-0.15, -0.1) is 0 Å². The molecule has 0 unspecified atom stereocenters. The molecular weight excluding hydrogens is 327 g/mol. The Balaban J connectivity index is 2.67. The van der Waals surface area contributed by atoms with Crippen molar-refractivity contribution in [2.45, 2.75) is 6.18 Å². The Hall–Kier alpha value is -3.10. The standard InChI is InChI=1S/C15H12F3N3O3/c1-20-13(23)8-4-2-7(3-5-8)9-6-10(12(19)22)14(24)21-11(9)15(16,17)18/h2-6H,1H3,(H2,19,22)(H,20,23)(H,21,24). The molecule has 2 rings (SSSR count). The Morgan fingerprint density at radius 1 is 1.17 bits per heavy atom. The Labute approximate surface area is 133 Å². The van der Waals surface area contributed by atoms with Gasteiger partial charge in [-0.2, -0.15) is 13.2 Å². The van der Waals surface area contributed by atoms with Gasteiger partial charge in [0.2, 0.25) is 0 Å². The summed E-state index contributed by atoms with van der Waals surface area (Å²) in [7, 11) is 1.42. The lowest BCUT2D eigenvalue weighted by Crippen LogP contribution is -2.27. The number of hydrogen-bond acceptors (Lipinski definition) is 3. The molecule has 2 aromatic rings. The van der Waals surface area contributed by atoms with Crippen molar-refractivity contribution in [3.63, 3.8) is 0 Å². The van der Waals surface area contributed by atoms with Crippen LogP contribution in [0.25, 0.3) is 11.1 Å². The predicted molar refractivity (Wildman–Crippen MR) is 79.4 cm³/mol. The number of benzene rings is 1. The number of H-pyrrole nitrogens is 1. The van der Waals surface area contributed by atoms with Gasteiger partial charge in [-0.3, -0.25) is 14.4 Å². The predicted octanol–water partition coefficient (Wildman–Crippen LogP) is 1.52. The fourth-order valence-corrected chi connectivity index (χ4v) is 2.11. The summed E-state index contributed by atoms with van der Waals surface area (Å²) in [6.45, 7) is 0. The summed E-state index contributed by atoms with van der Waals surface area (Å²) in [5.41, 5.74) is 1.79. The number of hydrogen-bond donors (Lipinski definition) is 3. The number of rotatable bonds is 3. The Morgan fingerprint density at radius 2 is 1.75 bits per heavy atom. The summed E-state index contributed by atoms with van der Waals surface area (Å²) in [6, 6.07) is 5.99. The number of amides is 2. The number of carbonyl (C=O) groups is 2. The first kappa shape index (κ1) is 17.3. The molecule has 0 aliphatic carbocycles. The van der Waals surface area contributed by atoms with Gasteiger partial charge in [0.1, 0.15) is 11.3 Å². The number of halogens is 3. The summed E-state index contributed by atoms with van der Waals surface area (Å²) in [5, 5.41) is 2.38. The number of carbonyl (C=O) groups excluding carboxylic acids is 2. The maximum atomic E-state index is 13.2. The van der Waals surface area contributed by atoms with Crippen molar-refractivity contribution in [2.75, 3.05) is 7.05 Å². The van der Waals surface area contributed by atoms with Gasteiger partial charge in [0.15, 0.2) is 0 Å². The lowest BCUT2D eigenvalue weighted by Gasteiger charge is -2.14. The molecule has 24 heavy (non-hydrogen) atoms. The van der Waals surface area contributed by atoms with E-state index in [1.165, 1.54) is 31.3 Å². The molecule has 0 bridgehead atoms. The molecule has 126 valence electrons. The molecule has 6 nitrogen and oxygen atoms in total. The number of aromatic amines is 1. The van der Waals surface area contributed by atoms with Crippen LogP contribution < -0.4 is 16.6 Å². The molecular formula is C15H12F3N3O3. The van der Waals surface area contributed by atoms with Crippen LogP contribution in [-0.2, 0) is 6.18 Å². The lowest BCUT2D eigenvalue weighted by atomic mass is 10.00. The van der Waals surface area contributed by atoms with Crippen LogP contribution in [0.4, 0.5) is 13.2 Å². The highest BCUT2D eigenvalue weighted by atomic mass is 19.4. The first-order valence-electron chi connectivity index (χ1n) is 6.62. The van der Waals surface area contributed by atoms with E-state index in [0.29, 0.717) is 0 Å². The minimum Gasteiger partial charge on any atom is -0.365 e. The smallest absolute Gasteiger partial charge is 0.365 e. The zero-order valence-corrected chi connectivity index (χ0v) is 12.3. The third-order valence-corrected chi connectivity index (χ3v) is 3.28. The molecule has 0 aliphatic rings. The average Bonchev–Trinajstić information content (AvgIpc) is 2.53. The minimum atomic E-state index is -4.84. The van der Waals surface area contributed by atoms with E-state index >= 15 is 0 Å². The summed E-state index contributed by atoms with van der Waals surface area (Å²) in [5.74, 6) is -1.55. The van der Waals surface area contributed by atoms with Crippen molar-refractivity contribution in [2.24, 2.45) is 5.73 Å². The van der Waals surface area contributed by atoms with Crippen LogP contribution >= 0.6 is 0 Å². The van der Waals surface area contributed by atoms with E-state index in [1.807, 2.05) is 0 Å². The topological polar surface area (TPSA) is 105 Å². The number of nitrogens with two attached hydrogens (primary N) is 1. The zero-order valence-electron chi connectivity index (χ0n) is 12.3. The molecule has 0 radical (unpaired) electrons. The second kappa shape index (κ2) is 6.19. The molecule has 4 N–H and O–H groups in total. The summed E-state index contributed by atoms with van der Waals surface area (Å²) < 4.78 is 39.5. The Bertz CT molecular complexity index is 855.